The highest BCUT2D eigenvalue weighted by Gasteiger charge is 2.36. The Morgan fingerprint density at radius 2 is 1.50 bits per heavy atom. The van der Waals surface area contributed by atoms with Crippen LogP contribution in [0.5, 0.6) is 17.2 Å². The molecule has 22 heavy (non-hydrogen) atoms. The van der Waals surface area contributed by atoms with Crippen LogP contribution in [0.4, 0.5) is 0 Å². The third-order valence-electron chi connectivity index (χ3n) is 3.46. The van der Waals surface area contributed by atoms with Gasteiger partial charge in [-0.05, 0) is 24.3 Å². The van der Waals surface area contributed by atoms with E-state index in [9.17, 15) is 29.7 Å². The second kappa shape index (κ2) is 4.32. The molecule has 4 N–H and O–H groups in total. The maximum absolute atomic E-state index is 12.4. The number of hydrogen-bond acceptors (Lipinski definition) is 6. The number of fused-ring (bicyclic) bond motifs is 2. The van der Waals surface area contributed by atoms with Crippen LogP contribution in [0.1, 0.15) is 42.2 Å². The minimum absolute atomic E-state index is 0.0481. The fourth-order valence-corrected chi connectivity index (χ4v) is 2.46. The summed E-state index contributed by atoms with van der Waals surface area (Å²) in [5, 5.41) is 38.3. The maximum Gasteiger partial charge on any atom is 0.339 e. The molecule has 2 aromatic rings. The number of ketones is 2. The standard InChI is InChI=1S/C15H8O7/c16-5-1-2-6-7(3-5)13(19)11-10(12(6)18)9(17)4-8(14(11)20)15(21)22/h1-4,16-17,20H,(H,21,22). The molecule has 2 aromatic carbocycles. The summed E-state index contributed by atoms with van der Waals surface area (Å²) in [7, 11) is 0. The fourth-order valence-electron chi connectivity index (χ4n) is 2.46. The summed E-state index contributed by atoms with van der Waals surface area (Å²) >= 11 is 0. The van der Waals surface area contributed by atoms with Gasteiger partial charge in [-0.2, -0.15) is 0 Å². The molecule has 0 radical (unpaired) electrons. The molecule has 0 saturated carbocycles. The first kappa shape index (κ1) is 13.6. The van der Waals surface area contributed by atoms with Crippen molar-refractivity contribution in [1.82, 2.24) is 0 Å². The van der Waals surface area contributed by atoms with E-state index in [0.717, 1.165) is 6.07 Å². The highest BCUT2D eigenvalue weighted by atomic mass is 16.4. The van der Waals surface area contributed by atoms with Gasteiger partial charge in [0.25, 0.3) is 0 Å². The van der Waals surface area contributed by atoms with Crippen molar-refractivity contribution in [2.45, 2.75) is 0 Å². The Morgan fingerprint density at radius 3 is 2.14 bits per heavy atom. The quantitative estimate of drug-likeness (QED) is 0.497. The van der Waals surface area contributed by atoms with Gasteiger partial charge in [0, 0.05) is 11.1 Å². The Bertz CT molecular complexity index is 880. The average Bonchev–Trinajstić information content (AvgIpc) is 2.46. The van der Waals surface area contributed by atoms with Gasteiger partial charge < -0.3 is 20.4 Å². The number of rotatable bonds is 1. The molecule has 3 rings (SSSR count). The van der Waals surface area contributed by atoms with Gasteiger partial charge in [-0.25, -0.2) is 4.79 Å². The summed E-state index contributed by atoms with van der Waals surface area (Å²) in [6, 6.07) is 4.18. The predicted molar refractivity (Wildman–Crippen MR) is 71.7 cm³/mol. The number of carbonyl (C=O) groups excluding carboxylic acids is 2. The van der Waals surface area contributed by atoms with Crippen molar-refractivity contribution in [2.75, 3.05) is 0 Å². The van der Waals surface area contributed by atoms with E-state index in [-0.39, 0.29) is 16.9 Å². The number of carboxylic acids is 1. The molecule has 0 bridgehead atoms. The monoisotopic (exact) mass is 300 g/mol. The molecule has 0 spiro atoms. The van der Waals surface area contributed by atoms with E-state index < -0.39 is 45.7 Å². The zero-order chi connectivity index (χ0) is 16.2. The van der Waals surface area contributed by atoms with Crippen LogP contribution in [0.25, 0.3) is 0 Å². The smallest absolute Gasteiger partial charge is 0.339 e. The molecule has 0 unspecified atom stereocenters. The van der Waals surface area contributed by atoms with E-state index in [1.807, 2.05) is 0 Å². The second-order valence-corrected chi connectivity index (χ2v) is 4.74. The largest absolute Gasteiger partial charge is 0.508 e. The summed E-state index contributed by atoms with van der Waals surface area (Å²) in [6.07, 6.45) is 0. The van der Waals surface area contributed by atoms with Crippen molar-refractivity contribution in [2.24, 2.45) is 0 Å². The molecule has 7 heteroatoms. The number of hydrogen-bond donors (Lipinski definition) is 4. The highest BCUT2D eigenvalue weighted by molar-refractivity contribution is 6.31. The normalized spacial score (nSPS) is 12.7. The van der Waals surface area contributed by atoms with Gasteiger partial charge in [0.05, 0.1) is 11.1 Å². The van der Waals surface area contributed by atoms with Gasteiger partial charge in [0.1, 0.15) is 22.8 Å². The lowest BCUT2D eigenvalue weighted by molar-refractivity contribution is 0.0692. The summed E-state index contributed by atoms with van der Waals surface area (Å²) in [4.78, 5) is 35.8. The lowest BCUT2D eigenvalue weighted by Crippen LogP contribution is -2.22. The lowest BCUT2D eigenvalue weighted by atomic mass is 9.82. The molecule has 1 aliphatic carbocycles. The molecule has 0 atom stereocenters. The van der Waals surface area contributed by atoms with Gasteiger partial charge in [-0.3, -0.25) is 9.59 Å². The molecule has 0 aromatic heterocycles. The van der Waals surface area contributed by atoms with Gasteiger partial charge in [-0.1, -0.05) is 0 Å². The number of carbonyl (C=O) groups is 3. The van der Waals surface area contributed by atoms with E-state index in [4.69, 9.17) is 5.11 Å². The minimum atomic E-state index is -1.56. The fraction of sp³-hybridized carbons (Fsp3) is 0. The van der Waals surface area contributed by atoms with Crippen LogP contribution in [0.15, 0.2) is 24.3 Å². The summed E-state index contributed by atoms with van der Waals surface area (Å²) in [5.74, 6) is -5.01. The van der Waals surface area contributed by atoms with E-state index in [1.165, 1.54) is 12.1 Å². The summed E-state index contributed by atoms with van der Waals surface area (Å²) < 4.78 is 0. The van der Waals surface area contributed by atoms with Gasteiger partial charge in [0.15, 0.2) is 11.6 Å². The van der Waals surface area contributed by atoms with Crippen LogP contribution in [-0.4, -0.2) is 38.0 Å². The highest BCUT2D eigenvalue weighted by Crippen LogP contribution is 2.40. The zero-order valence-electron chi connectivity index (χ0n) is 10.8. The van der Waals surface area contributed by atoms with Crippen LogP contribution in [-0.2, 0) is 0 Å². The lowest BCUT2D eigenvalue weighted by Gasteiger charge is -2.20. The average molecular weight is 300 g/mol. The van der Waals surface area contributed by atoms with Crippen molar-refractivity contribution in [3.8, 4) is 17.2 Å². The minimum Gasteiger partial charge on any atom is -0.508 e. The zero-order valence-corrected chi connectivity index (χ0v) is 10.8. The molecule has 0 heterocycles. The number of phenols is 3. The van der Waals surface area contributed by atoms with Crippen molar-refractivity contribution < 1.29 is 34.8 Å². The van der Waals surface area contributed by atoms with Crippen LogP contribution in [0.2, 0.25) is 0 Å². The van der Waals surface area contributed by atoms with Crippen molar-refractivity contribution >= 4 is 17.5 Å². The van der Waals surface area contributed by atoms with Crippen LogP contribution in [0.3, 0.4) is 0 Å². The third-order valence-corrected chi connectivity index (χ3v) is 3.46. The molecule has 7 nitrogen and oxygen atoms in total. The number of benzene rings is 2. The molecule has 0 saturated heterocycles. The molecular weight excluding hydrogens is 292 g/mol. The predicted octanol–water partition coefficient (Wildman–Crippen LogP) is 1.28. The Kier molecular flexibility index (Phi) is 2.68. The number of aromatic carboxylic acids is 1. The SMILES string of the molecule is O=C(O)c1cc(O)c2c(c1O)C(=O)c1cc(O)ccc1C2=O. The van der Waals surface area contributed by atoms with Crippen LogP contribution in [0, 0.1) is 0 Å². The van der Waals surface area contributed by atoms with Crippen LogP contribution < -0.4 is 0 Å². The first-order chi connectivity index (χ1) is 10.3. The van der Waals surface area contributed by atoms with Crippen molar-refractivity contribution in [3.05, 3.63) is 52.1 Å². The van der Waals surface area contributed by atoms with E-state index >= 15 is 0 Å². The van der Waals surface area contributed by atoms with Crippen molar-refractivity contribution in [3.63, 3.8) is 0 Å². The van der Waals surface area contributed by atoms with E-state index in [1.54, 1.807) is 0 Å². The number of phenolic OH excluding ortho intramolecular Hbond substituents is 2. The summed E-state index contributed by atoms with van der Waals surface area (Å²) in [6.45, 7) is 0. The van der Waals surface area contributed by atoms with E-state index in [2.05, 4.69) is 0 Å². The Hall–Kier alpha value is -3.35. The van der Waals surface area contributed by atoms with Crippen molar-refractivity contribution in [1.29, 1.82) is 0 Å². The maximum atomic E-state index is 12.4. The third kappa shape index (κ3) is 1.65. The molecule has 0 amide bonds. The molecule has 0 aliphatic heterocycles. The number of aromatic hydroxyl groups is 3. The molecule has 1 aliphatic rings. The summed E-state index contributed by atoms with van der Waals surface area (Å²) in [5.41, 5.74) is -1.95. The Morgan fingerprint density at radius 1 is 0.864 bits per heavy atom. The Labute approximate surface area is 122 Å². The second-order valence-electron chi connectivity index (χ2n) is 4.74. The van der Waals surface area contributed by atoms with Gasteiger partial charge in [0.2, 0.25) is 0 Å². The van der Waals surface area contributed by atoms with Crippen LogP contribution >= 0.6 is 0 Å². The topological polar surface area (TPSA) is 132 Å². The van der Waals surface area contributed by atoms with E-state index in [0.29, 0.717) is 6.07 Å². The molecule has 0 fully saturated rings. The molecule has 110 valence electrons. The number of carboxylic acid groups (broad SMARTS) is 1. The first-order valence-electron chi connectivity index (χ1n) is 6.07. The van der Waals surface area contributed by atoms with Gasteiger partial charge >= 0.3 is 5.97 Å². The molecular formula is C15H8O7. The Balaban J connectivity index is 2.40. The first-order valence-corrected chi connectivity index (χ1v) is 6.07. The van der Waals surface area contributed by atoms with Gasteiger partial charge in [-0.15, -0.1) is 0 Å².